The third kappa shape index (κ3) is 7.22. The number of hydrazone groups is 1. The van der Waals surface area contributed by atoms with Gasteiger partial charge < -0.3 is 5.32 Å². The molecule has 0 aliphatic heterocycles. The van der Waals surface area contributed by atoms with Gasteiger partial charge in [-0.1, -0.05) is 6.07 Å². The molecule has 1 rings (SSSR count). The molecule has 6 heteroatoms. The molecule has 1 aromatic rings. The monoisotopic (exact) mass is 401 g/mol. The molecule has 5 nitrogen and oxygen atoms in total. The fourth-order valence-electron chi connectivity index (χ4n) is 1.57. The van der Waals surface area contributed by atoms with Crippen molar-refractivity contribution in [3.8, 4) is 0 Å². The summed E-state index contributed by atoms with van der Waals surface area (Å²) in [5.41, 5.74) is 3.27. The van der Waals surface area contributed by atoms with Crippen LogP contribution < -0.4 is 10.7 Å². The standard InChI is InChI=1S/C15H20IN3O2/c1-10(8-13(20)17-15(2,3)4)18-19-14(21)11-6-5-7-12(16)9-11/h5-7,9H,8H2,1-4H3,(H,17,20)(H,19,21)/b18-10-. The van der Waals surface area contributed by atoms with Crippen LogP contribution in [-0.4, -0.2) is 23.1 Å². The number of nitrogens with zero attached hydrogens (tertiary/aromatic N) is 1. The van der Waals surface area contributed by atoms with Gasteiger partial charge in [0.15, 0.2) is 0 Å². The van der Waals surface area contributed by atoms with Crippen molar-refractivity contribution < 1.29 is 9.59 Å². The number of hydrogen-bond donors (Lipinski definition) is 2. The minimum absolute atomic E-state index is 0.118. The van der Waals surface area contributed by atoms with E-state index in [1.54, 1.807) is 19.1 Å². The number of rotatable bonds is 4. The Bertz CT molecular complexity index is 562. The first kappa shape index (κ1) is 17.6. The van der Waals surface area contributed by atoms with Gasteiger partial charge in [0.25, 0.3) is 5.91 Å². The molecule has 0 unspecified atom stereocenters. The topological polar surface area (TPSA) is 70.6 Å². The van der Waals surface area contributed by atoms with Crippen LogP contribution in [0.3, 0.4) is 0 Å². The maximum absolute atomic E-state index is 11.9. The zero-order chi connectivity index (χ0) is 16.0. The molecule has 0 aromatic heterocycles. The highest BCUT2D eigenvalue weighted by Gasteiger charge is 2.14. The van der Waals surface area contributed by atoms with Crippen LogP contribution in [0.1, 0.15) is 44.5 Å². The molecule has 0 bridgehead atoms. The smallest absolute Gasteiger partial charge is 0.271 e. The van der Waals surface area contributed by atoms with E-state index in [9.17, 15) is 9.59 Å². The van der Waals surface area contributed by atoms with Gasteiger partial charge in [0, 0.05) is 20.4 Å². The highest BCUT2D eigenvalue weighted by molar-refractivity contribution is 14.1. The van der Waals surface area contributed by atoms with Gasteiger partial charge in [-0.3, -0.25) is 9.59 Å². The highest BCUT2D eigenvalue weighted by Crippen LogP contribution is 2.07. The summed E-state index contributed by atoms with van der Waals surface area (Å²) in [5.74, 6) is -0.406. The van der Waals surface area contributed by atoms with Gasteiger partial charge in [-0.2, -0.15) is 5.10 Å². The van der Waals surface area contributed by atoms with Crippen molar-refractivity contribution in [2.45, 2.75) is 39.7 Å². The van der Waals surface area contributed by atoms with Gasteiger partial charge in [-0.05, 0) is 68.5 Å². The summed E-state index contributed by atoms with van der Waals surface area (Å²) in [7, 11) is 0. The molecule has 0 aliphatic rings. The van der Waals surface area contributed by atoms with E-state index < -0.39 is 0 Å². The Balaban J connectivity index is 2.56. The summed E-state index contributed by atoms with van der Waals surface area (Å²) < 4.78 is 0.977. The minimum Gasteiger partial charge on any atom is -0.351 e. The van der Waals surface area contributed by atoms with Crippen molar-refractivity contribution >= 4 is 40.1 Å². The maximum Gasteiger partial charge on any atom is 0.271 e. The zero-order valence-corrected chi connectivity index (χ0v) is 14.8. The number of nitrogens with one attached hydrogen (secondary N) is 2. The quantitative estimate of drug-likeness (QED) is 0.463. The number of carbonyl (C=O) groups excluding carboxylic acids is 2. The van der Waals surface area contributed by atoms with Crippen LogP contribution >= 0.6 is 22.6 Å². The number of halogens is 1. The van der Waals surface area contributed by atoms with Gasteiger partial charge in [0.2, 0.25) is 5.91 Å². The SMILES string of the molecule is C/C(CC(=O)NC(C)(C)C)=N/NC(=O)c1cccc(I)c1. The Morgan fingerprint density at radius 1 is 1.29 bits per heavy atom. The molecular weight excluding hydrogens is 381 g/mol. The van der Waals surface area contributed by atoms with Gasteiger partial charge in [-0.25, -0.2) is 5.43 Å². The second-order valence-electron chi connectivity index (χ2n) is 5.77. The normalized spacial score (nSPS) is 12.0. The molecule has 0 fully saturated rings. The lowest BCUT2D eigenvalue weighted by Crippen LogP contribution is -2.41. The molecule has 0 radical (unpaired) electrons. The third-order valence-corrected chi connectivity index (χ3v) is 3.04. The average Bonchev–Trinajstić information content (AvgIpc) is 2.33. The minimum atomic E-state index is -0.288. The van der Waals surface area contributed by atoms with Gasteiger partial charge in [0.05, 0.1) is 6.42 Å². The summed E-state index contributed by atoms with van der Waals surface area (Å²) in [4.78, 5) is 23.6. The Morgan fingerprint density at radius 3 is 2.52 bits per heavy atom. The molecule has 0 heterocycles. The van der Waals surface area contributed by atoms with E-state index in [1.807, 2.05) is 32.9 Å². The van der Waals surface area contributed by atoms with Crippen LogP contribution in [0, 0.1) is 3.57 Å². The van der Waals surface area contributed by atoms with Crippen LogP contribution in [0.4, 0.5) is 0 Å². The van der Waals surface area contributed by atoms with E-state index in [-0.39, 0.29) is 23.8 Å². The molecule has 114 valence electrons. The Labute approximate surface area is 138 Å². The average molecular weight is 401 g/mol. The van der Waals surface area contributed by atoms with Crippen LogP contribution in [0.15, 0.2) is 29.4 Å². The predicted octanol–water partition coefficient (Wildman–Crippen LogP) is 2.70. The van der Waals surface area contributed by atoms with Crippen molar-refractivity contribution in [2.75, 3.05) is 0 Å². The fourth-order valence-corrected chi connectivity index (χ4v) is 2.12. The molecule has 0 saturated heterocycles. The van der Waals surface area contributed by atoms with E-state index >= 15 is 0 Å². The third-order valence-electron chi connectivity index (χ3n) is 2.37. The van der Waals surface area contributed by atoms with Crippen molar-refractivity contribution in [3.05, 3.63) is 33.4 Å². The molecule has 0 saturated carbocycles. The molecule has 2 N–H and O–H groups in total. The van der Waals surface area contributed by atoms with Crippen molar-refractivity contribution in [1.82, 2.24) is 10.7 Å². The molecule has 0 aliphatic carbocycles. The summed E-state index contributed by atoms with van der Waals surface area (Å²) in [5, 5.41) is 6.80. The molecule has 0 atom stereocenters. The van der Waals surface area contributed by atoms with Gasteiger partial charge >= 0.3 is 0 Å². The van der Waals surface area contributed by atoms with Crippen LogP contribution in [0.25, 0.3) is 0 Å². The second-order valence-corrected chi connectivity index (χ2v) is 7.02. The van der Waals surface area contributed by atoms with E-state index in [0.29, 0.717) is 11.3 Å². The molecule has 1 aromatic carbocycles. The van der Waals surface area contributed by atoms with Crippen molar-refractivity contribution in [3.63, 3.8) is 0 Å². The van der Waals surface area contributed by atoms with Crippen molar-refractivity contribution in [2.24, 2.45) is 5.10 Å². The van der Waals surface area contributed by atoms with Gasteiger partial charge in [-0.15, -0.1) is 0 Å². The lowest BCUT2D eigenvalue weighted by Gasteiger charge is -2.20. The zero-order valence-electron chi connectivity index (χ0n) is 12.7. The summed E-state index contributed by atoms with van der Waals surface area (Å²) in [6, 6.07) is 7.20. The number of benzene rings is 1. The lowest BCUT2D eigenvalue weighted by atomic mass is 10.1. The maximum atomic E-state index is 11.9. The van der Waals surface area contributed by atoms with Gasteiger partial charge in [0.1, 0.15) is 0 Å². The van der Waals surface area contributed by atoms with E-state index in [1.165, 1.54) is 0 Å². The fraction of sp³-hybridized carbons (Fsp3) is 0.400. The first-order valence-corrected chi connectivity index (χ1v) is 7.65. The summed E-state index contributed by atoms with van der Waals surface area (Å²) >= 11 is 2.14. The molecule has 2 amide bonds. The lowest BCUT2D eigenvalue weighted by molar-refractivity contribution is -0.121. The Kier molecular flexibility index (Phi) is 6.32. The number of amides is 2. The summed E-state index contributed by atoms with van der Waals surface area (Å²) in [6.45, 7) is 7.44. The predicted molar refractivity (Wildman–Crippen MR) is 92.2 cm³/mol. The Morgan fingerprint density at radius 2 is 1.95 bits per heavy atom. The summed E-state index contributed by atoms with van der Waals surface area (Å²) in [6.07, 6.45) is 0.157. The molecular formula is C15H20IN3O2. The number of hydrogen-bond acceptors (Lipinski definition) is 3. The van der Waals surface area contributed by atoms with E-state index in [0.717, 1.165) is 3.57 Å². The highest BCUT2D eigenvalue weighted by atomic mass is 127. The second kappa shape index (κ2) is 7.53. The van der Waals surface area contributed by atoms with Crippen LogP contribution in [0.5, 0.6) is 0 Å². The first-order valence-electron chi connectivity index (χ1n) is 6.57. The first-order chi connectivity index (χ1) is 9.67. The van der Waals surface area contributed by atoms with E-state index in [2.05, 4.69) is 38.4 Å². The van der Waals surface area contributed by atoms with E-state index in [4.69, 9.17) is 0 Å². The van der Waals surface area contributed by atoms with Crippen molar-refractivity contribution in [1.29, 1.82) is 0 Å². The molecule has 21 heavy (non-hydrogen) atoms. The largest absolute Gasteiger partial charge is 0.351 e. The van der Waals surface area contributed by atoms with Crippen LogP contribution in [-0.2, 0) is 4.79 Å². The molecule has 0 spiro atoms. The van der Waals surface area contributed by atoms with Crippen LogP contribution in [0.2, 0.25) is 0 Å². The Hall–Kier alpha value is -1.44. The number of carbonyl (C=O) groups is 2.